The average Bonchev–Trinajstić information content (AvgIpc) is 2.78. The number of carbonyl (C=O) groups excluding carboxylic acids is 1. The van der Waals surface area contributed by atoms with Crippen LogP contribution in [0.1, 0.15) is 11.1 Å². The molecule has 0 saturated carbocycles. The Morgan fingerprint density at radius 1 is 1.00 bits per heavy atom. The summed E-state index contributed by atoms with van der Waals surface area (Å²) >= 11 is 0. The van der Waals surface area contributed by atoms with Crippen LogP contribution in [0.4, 0.5) is 11.4 Å². The van der Waals surface area contributed by atoms with E-state index in [-0.39, 0.29) is 18.1 Å². The lowest BCUT2D eigenvalue weighted by Crippen LogP contribution is -2.42. The van der Waals surface area contributed by atoms with Gasteiger partial charge < -0.3 is 21.9 Å². The minimum Gasteiger partial charge on any atom is -0.508 e. The topological polar surface area (TPSA) is 138 Å². The molecule has 1 unspecified atom stereocenters. The summed E-state index contributed by atoms with van der Waals surface area (Å²) in [6.07, 6.45) is 0. The van der Waals surface area contributed by atoms with Gasteiger partial charge in [0.25, 0.3) is 5.91 Å². The third-order valence-corrected chi connectivity index (χ3v) is 4.44. The van der Waals surface area contributed by atoms with Crippen LogP contribution in [0.5, 0.6) is 5.75 Å². The molecule has 0 saturated heterocycles. The Bertz CT molecular complexity index is 1070. The van der Waals surface area contributed by atoms with Crippen LogP contribution >= 0.6 is 0 Å². The van der Waals surface area contributed by atoms with E-state index in [1.807, 2.05) is 48.5 Å². The van der Waals surface area contributed by atoms with Gasteiger partial charge in [-0.25, -0.2) is 0 Å². The minimum absolute atomic E-state index is 0.0118. The standard InChI is InChI=1S/C23H24N6O2/c24-20-13-19(30)12-11-17(20)15-26-22(25)21(29-28-18-9-5-2-6-10-18)23(31)27-14-16-7-3-1-4-8-16/h1-13,21,30H,14-15,24H2,(H2,25,26)(H,27,31). The number of phenols is 1. The number of azo groups is 1. The van der Waals surface area contributed by atoms with Gasteiger partial charge in [0, 0.05) is 18.3 Å². The van der Waals surface area contributed by atoms with E-state index in [2.05, 4.69) is 20.5 Å². The first-order valence-corrected chi connectivity index (χ1v) is 9.67. The summed E-state index contributed by atoms with van der Waals surface area (Å²) < 4.78 is 0. The maximum Gasteiger partial charge on any atom is 0.254 e. The van der Waals surface area contributed by atoms with Gasteiger partial charge in [-0.2, -0.15) is 10.2 Å². The second-order valence-corrected chi connectivity index (χ2v) is 6.78. The summed E-state index contributed by atoms with van der Waals surface area (Å²) in [6.45, 7) is 0.469. The van der Waals surface area contributed by atoms with E-state index in [1.165, 1.54) is 12.1 Å². The Morgan fingerprint density at radius 2 is 1.68 bits per heavy atom. The van der Waals surface area contributed by atoms with Crippen LogP contribution in [0.15, 0.2) is 94.1 Å². The first kappa shape index (κ1) is 21.5. The summed E-state index contributed by atoms with van der Waals surface area (Å²) in [5, 5.41) is 20.6. The molecule has 0 heterocycles. The number of aromatic hydroxyl groups is 1. The number of phenolic OH excluding ortho intramolecular Hbond substituents is 1. The van der Waals surface area contributed by atoms with Crippen LogP contribution < -0.4 is 16.8 Å². The Kier molecular flexibility index (Phi) is 7.31. The van der Waals surface area contributed by atoms with Crippen molar-refractivity contribution in [3.8, 4) is 5.75 Å². The third kappa shape index (κ3) is 6.40. The zero-order chi connectivity index (χ0) is 22.1. The molecule has 8 heteroatoms. The van der Waals surface area contributed by atoms with Gasteiger partial charge in [0.05, 0.1) is 12.2 Å². The number of hydrogen-bond acceptors (Lipinski definition) is 6. The number of nitrogens with two attached hydrogens (primary N) is 2. The number of rotatable bonds is 8. The number of amidine groups is 1. The molecule has 0 aliphatic heterocycles. The maximum atomic E-state index is 12.8. The molecule has 31 heavy (non-hydrogen) atoms. The van der Waals surface area contributed by atoms with E-state index in [4.69, 9.17) is 11.5 Å². The van der Waals surface area contributed by atoms with Gasteiger partial charge >= 0.3 is 0 Å². The van der Waals surface area contributed by atoms with Crippen LogP contribution in [-0.2, 0) is 17.9 Å². The predicted molar refractivity (Wildman–Crippen MR) is 121 cm³/mol. The molecule has 3 aromatic carbocycles. The number of nitrogens with zero attached hydrogens (tertiary/aromatic N) is 3. The van der Waals surface area contributed by atoms with Crippen molar-refractivity contribution in [1.82, 2.24) is 5.32 Å². The molecule has 3 aromatic rings. The lowest BCUT2D eigenvalue weighted by atomic mass is 10.1. The zero-order valence-electron chi connectivity index (χ0n) is 16.8. The summed E-state index contributed by atoms with van der Waals surface area (Å²) in [4.78, 5) is 17.1. The Morgan fingerprint density at radius 3 is 2.35 bits per heavy atom. The second-order valence-electron chi connectivity index (χ2n) is 6.78. The lowest BCUT2D eigenvalue weighted by Gasteiger charge is -2.12. The molecule has 158 valence electrons. The number of nitrogens with one attached hydrogen (secondary N) is 1. The van der Waals surface area contributed by atoms with Crippen LogP contribution in [0.2, 0.25) is 0 Å². The molecule has 0 fully saturated rings. The molecule has 0 aliphatic carbocycles. The van der Waals surface area contributed by atoms with Crippen molar-refractivity contribution in [2.24, 2.45) is 21.0 Å². The zero-order valence-corrected chi connectivity index (χ0v) is 16.8. The Hall–Kier alpha value is -4.20. The minimum atomic E-state index is -1.10. The highest BCUT2D eigenvalue weighted by molar-refractivity contribution is 6.06. The molecule has 0 spiro atoms. The average molecular weight is 416 g/mol. The first-order valence-electron chi connectivity index (χ1n) is 9.67. The van der Waals surface area contributed by atoms with Crippen molar-refractivity contribution in [2.45, 2.75) is 19.1 Å². The van der Waals surface area contributed by atoms with E-state index < -0.39 is 11.9 Å². The van der Waals surface area contributed by atoms with Crippen molar-refractivity contribution in [3.63, 3.8) is 0 Å². The fourth-order valence-electron chi connectivity index (χ4n) is 2.74. The van der Waals surface area contributed by atoms with Crippen LogP contribution in [-0.4, -0.2) is 22.9 Å². The van der Waals surface area contributed by atoms with Crippen molar-refractivity contribution in [3.05, 3.63) is 90.0 Å². The second kappa shape index (κ2) is 10.5. The Balaban J connectivity index is 1.77. The number of amides is 1. The van der Waals surface area contributed by atoms with Crippen molar-refractivity contribution in [1.29, 1.82) is 0 Å². The van der Waals surface area contributed by atoms with Gasteiger partial charge in [0.15, 0.2) is 0 Å². The first-order chi connectivity index (χ1) is 15.0. The van der Waals surface area contributed by atoms with Gasteiger partial charge in [0.1, 0.15) is 11.6 Å². The molecule has 0 aromatic heterocycles. The number of carbonyl (C=O) groups is 1. The van der Waals surface area contributed by atoms with Crippen LogP contribution in [0.25, 0.3) is 0 Å². The van der Waals surface area contributed by atoms with E-state index in [0.29, 0.717) is 23.5 Å². The highest BCUT2D eigenvalue weighted by Gasteiger charge is 2.22. The SMILES string of the molecule is NC(=NCc1ccc(O)cc1N)C(N=Nc1ccccc1)C(=O)NCc1ccccc1. The van der Waals surface area contributed by atoms with E-state index in [1.54, 1.807) is 18.2 Å². The summed E-state index contributed by atoms with van der Waals surface area (Å²) in [7, 11) is 0. The highest BCUT2D eigenvalue weighted by atomic mass is 16.3. The highest BCUT2D eigenvalue weighted by Crippen LogP contribution is 2.19. The number of aliphatic imine (C=N–C) groups is 1. The van der Waals surface area contributed by atoms with Crippen LogP contribution in [0, 0.1) is 0 Å². The molecule has 1 amide bonds. The van der Waals surface area contributed by atoms with Gasteiger partial charge in [-0.15, -0.1) is 0 Å². The van der Waals surface area contributed by atoms with Gasteiger partial charge in [0.2, 0.25) is 6.04 Å². The van der Waals surface area contributed by atoms with Gasteiger partial charge in [-0.1, -0.05) is 54.6 Å². The summed E-state index contributed by atoms with van der Waals surface area (Å²) in [5.74, 6) is -0.339. The van der Waals surface area contributed by atoms with Crippen molar-refractivity contribution >= 4 is 23.1 Å². The third-order valence-electron chi connectivity index (χ3n) is 4.44. The summed E-state index contributed by atoms with van der Waals surface area (Å²) in [6, 6.07) is 22.1. The molecule has 0 radical (unpaired) electrons. The van der Waals surface area contributed by atoms with Crippen molar-refractivity contribution < 1.29 is 9.90 Å². The monoisotopic (exact) mass is 416 g/mol. The van der Waals surface area contributed by atoms with Gasteiger partial charge in [-0.05, 0) is 29.3 Å². The molecule has 3 rings (SSSR count). The molecule has 6 N–H and O–H groups in total. The fraction of sp³-hybridized carbons (Fsp3) is 0.130. The van der Waals surface area contributed by atoms with E-state index >= 15 is 0 Å². The van der Waals surface area contributed by atoms with E-state index in [0.717, 1.165) is 5.56 Å². The smallest absolute Gasteiger partial charge is 0.254 e. The lowest BCUT2D eigenvalue weighted by molar-refractivity contribution is -0.121. The number of nitrogen functional groups attached to an aromatic ring is 1. The van der Waals surface area contributed by atoms with Gasteiger partial charge in [-0.3, -0.25) is 9.79 Å². The molecular weight excluding hydrogens is 392 g/mol. The quantitative estimate of drug-likeness (QED) is 0.194. The summed E-state index contributed by atoms with van der Waals surface area (Å²) in [5.41, 5.74) is 14.6. The maximum absolute atomic E-state index is 12.8. The molecule has 8 nitrogen and oxygen atoms in total. The molecule has 0 aliphatic rings. The predicted octanol–water partition coefficient (Wildman–Crippen LogP) is 3.30. The number of hydrogen-bond donors (Lipinski definition) is 4. The molecular formula is C23H24N6O2. The Labute approximate surface area is 180 Å². The number of anilines is 1. The van der Waals surface area contributed by atoms with E-state index in [9.17, 15) is 9.90 Å². The fourth-order valence-corrected chi connectivity index (χ4v) is 2.74. The van der Waals surface area contributed by atoms with Crippen LogP contribution in [0.3, 0.4) is 0 Å². The molecule has 0 bridgehead atoms. The van der Waals surface area contributed by atoms with Crippen molar-refractivity contribution in [2.75, 3.05) is 5.73 Å². The molecule has 1 atom stereocenters. The normalized spacial score (nSPS) is 12.6. The largest absolute Gasteiger partial charge is 0.508 e. The number of benzene rings is 3.